The lowest BCUT2D eigenvalue weighted by atomic mass is 10.2. The van der Waals surface area contributed by atoms with Crippen LogP contribution in [0.2, 0.25) is 0 Å². The summed E-state index contributed by atoms with van der Waals surface area (Å²) in [7, 11) is 1.44. The third-order valence-electron chi connectivity index (χ3n) is 3.71. The van der Waals surface area contributed by atoms with E-state index in [1.54, 1.807) is 18.3 Å². The number of nitrogens with zero attached hydrogens (tertiary/aromatic N) is 4. The summed E-state index contributed by atoms with van der Waals surface area (Å²) in [5.41, 5.74) is 3.48. The van der Waals surface area contributed by atoms with Gasteiger partial charge in [-0.3, -0.25) is 14.6 Å². The molecule has 9 nitrogen and oxygen atoms in total. The molecule has 10 heteroatoms. The fourth-order valence-corrected chi connectivity index (χ4v) is 2.30. The number of nitrogens with one attached hydrogen (secondary N) is 1. The van der Waals surface area contributed by atoms with E-state index in [4.69, 9.17) is 14.3 Å². The molecule has 0 atom stereocenters. The van der Waals surface area contributed by atoms with Gasteiger partial charge in [-0.2, -0.15) is 4.39 Å². The molecule has 1 amide bonds. The quantitative estimate of drug-likeness (QED) is 0.454. The lowest BCUT2D eigenvalue weighted by Crippen LogP contribution is -2.25. The van der Waals surface area contributed by atoms with Crippen LogP contribution in [0.5, 0.6) is 11.6 Å². The molecule has 0 aliphatic rings. The minimum absolute atomic E-state index is 0.0284. The highest BCUT2D eigenvalue weighted by molar-refractivity contribution is 5.91. The van der Waals surface area contributed by atoms with E-state index in [1.807, 2.05) is 6.92 Å². The van der Waals surface area contributed by atoms with Gasteiger partial charge in [-0.15, -0.1) is 0 Å². The Morgan fingerprint density at radius 3 is 2.76 bits per heavy atom. The molecule has 29 heavy (non-hydrogen) atoms. The van der Waals surface area contributed by atoms with Gasteiger partial charge in [0.1, 0.15) is 18.1 Å². The maximum atomic E-state index is 13.7. The number of rotatable bonds is 8. The first-order valence-corrected chi connectivity index (χ1v) is 8.62. The summed E-state index contributed by atoms with van der Waals surface area (Å²) in [6.45, 7) is 2.14. The van der Waals surface area contributed by atoms with Gasteiger partial charge >= 0.3 is 0 Å². The van der Waals surface area contributed by atoms with Crippen molar-refractivity contribution in [3.63, 3.8) is 0 Å². The summed E-state index contributed by atoms with van der Waals surface area (Å²) in [6, 6.07) is 4.89. The van der Waals surface area contributed by atoms with Gasteiger partial charge in [-0.05, 0) is 19.1 Å². The maximum absolute atomic E-state index is 13.7. The summed E-state index contributed by atoms with van der Waals surface area (Å²) in [5, 5.41) is 0. The Kier molecular flexibility index (Phi) is 6.59. The molecule has 0 aliphatic carbocycles. The van der Waals surface area contributed by atoms with Crippen LogP contribution < -0.4 is 15.0 Å². The molecule has 0 saturated heterocycles. The van der Waals surface area contributed by atoms with Crippen molar-refractivity contribution in [2.45, 2.75) is 13.5 Å². The second kappa shape index (κ2) is 9.51. The number of hydroxylamine groups is 1. The maximum Gasteiger partial charge on any atom is 0.295 e. The first kappa shape index (κ1) is 20.1. The van der Waals surface area contributed by atoms with Gasteiger partial charge < -0.3 is 9.47 Å². The van der Waals surface area contributed by atoms with Crippen molar-refractivity contribution in [2.75, 3.05) is 13.7 Å². The molecule has 3 aromatic heterocycles. The van der Waals surface area contributed by atoms with E-state index < -0.39 is 11.9 Å². The fraction of sp³-hybridized carbons (Fsp3) is 0.211. The van der Waals surface area contributed by atoms with Crippen molar-refractivity contribution in [2.24, 2.45) is 0 Å². The van der Waals surface area contributed by atoms with Gasteiger partial charge in [0.15, 0.2) is 0 Å². The molecular formula is C19H18FN5O4. The zero-order valence-corrected chi connectivity index (χ0v) is 15.8. The number of pyridine rings is 2. The van der Waals surface area contributed by atoms with Crippen molar-refractivity contribution in [3.8, 4) is 22.9 Å². The summed E-state index contributed by atoms with van der Waals surface area (Å²) in [4.78, 5) is 33.3. The minimum Gasteiger partial charge on any atom is -0.495 e. The topological polar surface area (TPSA) is 108 Å². The lowest BCUT2D eigenvalue weighted by molar-refractivity contribution is 0.0217. The minimum atomic E-state index is -0.718. The van der Waals surface area contributed by atoms with E-state index >= 15 is 0 Å². The standard InChI is InChI=1S/C19H18FN5O4/c1-3-28-17-5-4-12(7-22-17)15-9-21-10-16(24-15)19(26)25-29-11-13-6-14(27-2)8-23-18(13)20/h4-10H,3,11H2,1-2H3,(H,25,26). The number of amides is 1. The molecule has 0 fully saturated rings. The van der Waals surface area contributed by atoms with E-state index in [-0.39, 0.29) is 17.9 Å². The predicted octanol–water partition coefficient (Wildman–Crippen LogP) is 2.34. The molecule has 0 aliphatic heterocycles. The summed E-state index contributed by atoms with van der Waals surface area (Å²) >= 11 is 0. The molecular weight excluding hydrogens is 381 g/mol. The molecule has 0 radical (unpaired) electrons. The predicted molar refractivity (Wildman–Crippen MR) is 99.4 cm³/mol. The van der Waals surface area contributed by atoms with Crippen LogP contribution in [0.1, 0.15) is 23.0 Å². The number of hydrogen-bond donors (Lipinski definition) is 1. The first-order chi connectivity index (χ1) is 14.1. The van der Waals surface area contributed by atoms with Gasteiger partial charge in [0.2, 0.25) is 11.8 Å². The molecule has 0 bridgehead atoms. The number of ether oxygens (including phenoxy) is 2. The van der Waals surface area contributed by atoms with Crippen molar-refractivity contribution < 1.29 is 23.5 Å². The average molecular weight is 399 g/mol. The zero-order valence-electron chi connectivity index (χ0n) is 15.8. The summed E-state index contributed by atoms with van der Waals surface area (Å²) < 4.78 is 23.9. The molecule has 0 spiro atoms. The third-order valence-corrected chi connectivity index (χ3v) is 3.71. The number of carbonyl (C=O) groups is 1. The molecule has 3 heterocycles. The second-order valence-electron chi connectivity index (χ2n) is 5.65. The first-order valence-electron chi connectivity index (χ1n) is 8.62. The summed E-state index contributed by atoms with van der Waals surface area (Å²) in [6.07, 6.45) is 5.62. The number of aromatic nitrogens is 4. The summed E-state index contributed by atoms with van der Waals surface area (Å²) in [5.74, 6) is -0.482. The monoisotopic (exact) mass is 399 g/mol. The highest BCUT2D eigenvalue weighted by Gasteiger charge is 2.12. The van der Waals surface area contributed by atoms with Crippen molar-refractivity contribution in [1.82, 2.24) is 25.4 Å². The SMILES string of the molecule is CCOc1ccc(-c2cncc(C(=O)NOCc3cc(OC)cnc3F)n2)cn1. The van der Waals surface area contributed by atoms with Crippen LogP contribution in [-0.2, 0) is 11.4 Å². The van der Waals surface area contributed by atoms with Crippen LogP contribution in [0.3, 0.4) is 0 Å². The second-order valence-corrected chi connectivity index (χ2v) is 5.65. The van der Waals surface area contributed by atoms with Gasteiger partial charge in [-0.25, -0.2) is 20.4 Å². The Morgan fingerprint density at radius 1 is 1.17 bits per heavy atom. The van der Waals surface area contributed by atoms with Crippen molar-refractivity contribution in [3.05, 3.63) is 60.2 Å². The molecule has 3 aromatic rings. The number of carbonyl (C=O) groups excluding carboxylic acids is 1. The Morgan fingerprint density at radius 2 is 2.03 bits per heavy atom. The third kappa shape index (κ3) is 5.20. The molecule has 0 unspecified atom stereocenters. The van der Waals surface area contributed by atoms with Gasteiger partial charge in [0.25, 0.3) is 5.91 Å². The highest BCUT2D eigenvalue weighted by atomic mass is 19.1. The van der Waals surface area contributed by atoms with Crippen LogP contribution in [0, 0.1) is 5.95 Å². The highest BCUT2D eigenvalue weighted by Crippen LogP contribution is 2.18. The lowest BCUT2D eigenvalue weighted by Gasteiger charge is -2.08. The van der Waals surface area contributed by atoms with Gasteiger partial charge in [0.05, 0.1) is 38.0 Å². The van der Waals surface area contributed by atoms with E-state index in [0.717, 1.165) is 0 Å². The molecule has 150 valence electrons. The van der Waals surface area contributed by atoms with E-state index in [2.05, 4.69) is 25.4 Å². The fourth-order valence-electron chi connectivity index (χ4n) is 2.30. The van der Waals surface area contributed by atoms with Crippen molar-refractivity contribution in [1.29, 1.82) is 0 Å². The number of hydrogen-bond acceptors (Lipinski definition) is 8. The molecule has 0 saturated carbocycles. The molecule has 3 rings (SSSR count). The average Bonchev–Trinajstić information content (AvgIpc) is 2.76. The van der Waals surface area contributed by atoms with Gasteiger partial charge in [0, 0.05) is 23.4 Å². The Balaban J connectivity index is 1.63. The van der Waals surface area contributed by atoms with Crippen LogP contribution in [0.25, 0.3) is 11.3 Å². The Bertz CT molecular complexity index is 985. The normalized spacial score (nSPS) is 10.4. The largest absolute Gasteiger partial charge is 0.495 e. The molecule has 0 aromatic carbocycles. The number of methoxy groups -OCH3 is 1. The van der Waals surface area contributed by atoms with Crippen LogP contribution in [0.15, 0.2) is 43.0 Å². The Hall–Kier alpha value is -3.66. The van der Waals surface area contributed by atoms with E-state index in [1.165, 1.54) is 31.8 Å². The zero-order chi connectivity index (χ0) is 20.6. The van der Waals surface area contributed by atoms with E-state index in [9.17, 15) is 9.18 Å². The van der Waals surface area contributed by atoms with Crippen LogP contribution >= 0.6 is 0 Å². The van der Waals surface area contributed by atoms with Crippen LogP contribution in [-0.4, -0.2) is 39.6 Å². The molecule has 1 N–H and O–H groups in total. The smallest absolute Gasteiger partial charge is 0.295 e. The Labute approximate surface area is 165 Å². The number of halogens is 1. The van der Waals surface area contributed by atoms with Crippen molar-refractivity contribution >= 4 is 5.91 Å². The van der Waals surface area contributed by atoms with E-state index in [0.29, 0.717) is 29.5 Å². The van der Waals surface area contributed by atoms with Crippen LogP contribution in [0.4, 0.5) is 4.39 Å². The van der Waals surface area contributed by atoms with Gasteiger partial charge in [-0.1, -0.05) is 0 Å².